The first-order valence-electron chi connectivity index (χ1n) is 5.10. The SMILES string of the molecule is CSC1(CNC(=O)c2ccc(Cl)nc2)CC1. The number of hydrogen-bond donors (Lipinski definition) is 1. The van der Waals surface area contributed by atoms with Gasteiger partial charge in [0.15, 0.2) is 0 Å². The highest BCUT2D eigenvalue weighted by Crippen LogP contribution is 2.46. The molecule has 16 heavy (non-hydrogen) atoms. The maximum atomic E-state index is 11.7. The third-order valence-corrected chi connectivity index (χ3v) is 4.44. The van der Waals surface area contributed by atoms with Gasteiger partial charge in [0.1, 0.15) is 5.15 Å². The molecule has 0 spiro atoms. The van der Waals surface area contributed by atoms with Gasteiger partial charge < -0.3 is 5.32 Å². The smallest absolute Gasteiger partial charge is 0.252 e. The van der Waals surface area contributed by atoms with Gasteiger partial charge in [0, 0.05) is 17.5 Å². The summed E-state index contributed by atoms with van der Waals surface area (Å²) in [6.45, 7) is 0.732. The minimum atomic E-state index is -0.0792. The normalized spacial score (nSPS) is 16.9. The van der Waals surface area contributed by atoms with Crippen molar-refractivity contribution in [2.45, 2.75) is 17.6 Å². The summed E-state index contributed by atoms with van der Waals surface area (Å²) in [5.41, 5.74) is 0.557. The van der Waals surface area contributed by atoms with E-state index in [1.54, 1.807) is 12.1 Å². The van der Waals surface area contributed by atoms with Gasteiger partial charge in [0.2, 0.25) is 0 Å². The molecular formula is C11H13ClN2OS. The molecule has 1 N–H and O–H groups in total. The number of carbonyl (C=O) groups excluding carboxylic acids is 1. The van der Waals surface area contributed by atoms with Crippen LogP contribution in [-0.2, 0) is 0 Å². The van der Waals surface area contributed by atoms with Gasteiger partial charge in [-0.1, -0.05) is 11.6 Å². The van der Waals surface area contributed by atoms with Gasteiger partial charge in [-0.2, -0.15) is 11.8 Å². The summed E-state index contributed by atoms with van der Waals surface area (Å²) < 4.78 is 0.287. The van der Waals surface area contributed by atoms with Crippen molar-refractivity contribution in [1.82, 2.24) is 10.3 Å². The molecule has 0 aliphatic heterocycles. The molecule has 1 saturated carbocycles. The molecule has 0 atom stereocenters. The average molecular weight is 257 g/mol. The number of halogens is 1. The van der Waals surface area contributed by atoms with Crippen LogP contribution in [0.5, 0.6) is 0 Å². The first-order chi connectivity index (χ1) is 7.65. The highest BCUT2D eigenvalue weighted by atomic mass is 35.5. The van der Waals surface area contributed by atoms with E-state index in [2.05, 4.69) is 16.6 Å². The molecule has 5 heteroatoms. The van der Waals surface area contributed by atoms with E-state index in [9.17, 15) is 4.79 Å². The fourth-order valence-electron chi connectivity index (χ4n) is 1.45. The van der Waals surface area contributed by atoms with Gasteiger partial charge in [0.25, 0.3) is 5.91 Å². The molecule has 1 aliphatic carbocycles. The second-order valence-corrected chi connectivity index (χ2v) is 5.60. The summed E-state index contributed by atoms with van der Waals surface area (Å²) in [6.07, 6.45) is 5.96. The molecule has 1 aromatic heterocycles. The van der Waals surface area contributed by atoms with E-state index in [1.165, 1.54) is 19.0 Å². The summed E-state index contributed by atoms with van der Waals surface area (Å²) in [7, 11) is 0. The quantitative estimate of drug-likeness (QED) is 0.841. The van der Waals surface area contributed by atoms with Crippen molar-refractivity contribution in [3.63, 3.8) is 0 Å². The average Bonchev–Trinajstić information content (AvgIpc) is 3.08. The standard InChI is InChI=1S/C11H13ClN2OS/c1-16-11(4-5-11)7-14-10(15)8-2-3-9(12)13-6-8/h2-3,6H,4-5,7H2,1H3,(H,14,15). The Morgan fingerprint density at radius 1 is 1.62 bits per heavy atom. The van der Waals surface area contributed by atoms with Crippen molar-refractivity contribution >= 4 is 29.3 Å². The van der Waals surface area contributed by atoms with Crippen LogP contribution in [0.4, 0.5) is 0 Å². The van der Waals surface area contributed by atoms with Crippen molar-refractivity contribution in [1.29, 1.82) is 0 Å². The summed E-state index contributed by atoms with van der Waals surface area (Å²) in [6, 6.07) is 3.31. The topological polar surface area (TPSA) is 42.0 Å². The maximum absolute atomic E-state index is 11.7. The van der Waals surface area contributed by atoms with E-state index in [0.29, 0.717) is 10.7 Å². The molecule has 0 radical (unpaired) electrons. The number of rotatable bonds is 4. The summed E-state index contributed by atoms with van der Waals surface area (Å²) >= 11 is 7.48. The molecular weight excluding hydrogens is 244 g/mol. The molecule has 1 aromatic rings. The highest BCUT2D eigenvalue weighted by Gasteiger charge is 2.41. The number of thioether (sulfide) groups is 1. The zero-order valence-electron chi connectivity index (χ0n) is 9.00. The van der Waals surface area contributed by atoms with Crippen molar-refractivity contribution in [2.24, 2.45) is 0 Å². The molecule has 0 unspecified atom stereocenters. The number of nitrogens with zero attached hydrogens (tertiary/aromatic N) is 1. The molecule has 2 rings (SSSR count). The van der Waals surface area contributed by atoms with Crippen molar-refractivity contribution in [3.05, 3.63) is 29.0 Å². The monoisotopic (exact) mass is 256 g/mol. The van der Waals surface area contributed by atoms with Crippen LogP contribution in [0, 0.1) is 0 Å². The second-order valence-electron chi connectivity index (χ2n) is 3.94. The second kappa shape index (κ2) is 4.63. The number of aromatic nitrogens is 1. The Balaban J connectivity index is 1.91. The zero-order chi connectivity index (χ0) is 11.6. The largest absolute Gasteiger partial charge is 0.351 e. The third-order valence-electron chi connectivity index (χ3n) is 2.80. The van der Waals surface area contributed by atoms with E-state index in [0.717, 1.165) is 6.54 Å². The van der Waals surface area contributed by atoms with E-state index in [1.807, 2.05) is 11.8 Å². The van der Waals surface area contributed by atoms with Crippen LogP contribution in [0.1, 0.15) is 23.2 Å². The van der Waals surface area contributed by atoms with Crippen LogP contribution >= 0.6 is 23.4 Å². The Morgan fingerprint density at radius 2 is 2.38 bits per heavy atom. The van der Waals surface area contributed by atoms with E-state index >= 15 is 0 Å². The Labute approximate surface area is 104 Å². The highest BCUT2D eigenvalue weighted by molar-refractivity contribution is 8.00. The van der Waals surface area contributed by atoms with Gasteiger partial charge in [0.05, 0.1) is 5.56 Å². The lowest BCUT2D eigenvalue weighted by molar-refractivity contribution is 0.0952. The number of nitrogens with one attached hydrogen (secondary N) is 1. The predicted molar refractivity (Wildman–Crippen MR) is 67.1 cm³/mol. The lowest BCUT2D eigenvalue weighted by Gasteiger charge is -2.12. The lowest BCUT2D eigenvalue weighted by Crippen LogP contribution is -2.31. The maximum Gasteiger partial charge on any atom is 0.252 e. The van der Waals surface area contributed by atoms with Crippen molar-refractivity contribution in [2.75, 3.05) is 12.8 Å². The van der Waals surface area contributed by atoms with Crippen LogP contribution in [-0.4, -0.2) is 28.4 Å². The van der Waals surface area contributed by atoms with Gasteiger partial charge in [-0.05, 0) is 31.2 Å². The molecule has 3 nitrogen and oxygen atoms in total. The Bertz CT molecular complexity index is 389. The summed E-state index contributed by atoms with van der Waals surface area (Å²) in [4.78, 5) is 15.6. The number of amides is 1. The summed E-state index contributed by atoms with van der Waals surface area (Å²) in [5.74, 6) is -0.0792. The van der Waals surface area contributed by atoms with Gasteiger partial charge >= 0.3 is 0 Å². The fraction of sp³-hybridized carbons (Fsp3) is 0.455. The van der Waals surface area contributed by atoms with Gasteiger partial charge in [-0.15, -0.1) is 0 Å². The minimum Gasteiger partial charge on any atom is -0.351 e. The number of carbonyl (C=O) groups is 1. The molecule has 0 aromatic carbocycles. The molecule has 1 heterocycles. The fourth-order valence-corrected chi connectivity index (χ4v) is 2.28. The first kappa shape index (κ1) is 11.7. The Kier molecular flexibility index (Phi) is 3.40. The molecule has 86 valence electrons. The lowest BCUT2D eigenvalue weighted by atomic mass is 10.2. The first-order valence-corrected chi connectivity index (χ1v) is 6.70. The molecule has 1 fully saturated rings. The van der Waals surface area contributed by atoms with Crippen LogP contribution in [0.25, 0.3) is 0 Å². The molecule has 0 bridgehead atoms. The zero-order valence-corrected chi connectivity index (χ0v) is 10.6. The Morgan fingerprint density at radius 3 is 2.88 bits per heavy atom. The number of pyridine rings is 1. The Hall–Kier alpha value is -0.740. The molecule has 1 aliphatic rings. The molecule has 1 amide bonds. The van der Waals surface area contributed by atoms with E-state index in [-0.39, 0.29) is 10.7 Å². The predicted octanol–water partition coefficient (Wildman–Crippen LogP) is 2.36. The number of hydrogen-bond acceptors (Lipinski definition) is 3. The van der Waals surface area contributed by atoms with Crippen LogP contribution in [0.15, 0.2) is 18.3 Å². The molecule has 0 saturated heterocycles. The van der Waals surface area contributed by atoms with Crippen LogP contribution < -0.4 is 5.32 Å². The van der Waals surface area contributed by atoms with Crippen molar-refractivity contribution < 1.29 is 4.79 Å². The summed E-state index contributed by atoms with van der Waals surface area (Å²) in [5, 5.41) is 3.33. The third kappa shape index (κ3) is 2.68. The van der Waals surface area contributed by atoms with Crippen LogP contribution in [0.3, 0.4) is 0 Å². The minimum absolute atomic E-state index is 0.0792. The van der Waals surface area contributed by atoms with E-state index in [4.69, 9.17) is 11.6 Å². The van der Waals surface area contributed by atoms with Gasteiger partial charge in [-0.3, -0.25) is 4.79 Å². The van der Waals surface area contributed by atoms with Crippen LogP contribution in [0.2, 0.25) is 5.15 Å². The van der Waals surface area contributed by atoms with Crippen molar-refractivity contribution in [3.8, 4) is 0 Å². The van der Waals surface area contributed by atoms with E-state index < -0.39 is 0 Å². The van der Waals surface area contributed by atoms with Gasteiger partial charge in [-0.25, -0.2) is 4.98 Å².